The van der Waals surface area contributed by atoms with Gasteiger partial charge in [0.05, 0.1) is 17.2 Å². The second-order valence-corrected chi connectivity index (χ2v) is 6.24. The number of nitrogen functional groups attached to an aromatic ring is 1. The average molecular weight is 311 g/mol. The van der Waals surface area contributed by atoms with Crippen LogP contribution in [-0.2, 0) is 4.74 Å². The Labute approximate surface area is 128 Å². The van der Waals surface area contributed by atoms with Crippen molar-refractivity contribution in [1.29, 1.82) is 0 Å². The third-order valence-corrected chi connectivity index (χ3v) is 4.71. The molecule has 0 radical (unpaired) electrons. The molecule has 0 saturated carbocycles. The van der Waals surface area contributed by atoms with Gasteiger partial charge in [-0.25, -0.2) is 4.79 Å². The van der Waals surface area contributed by atoms with Gasteiger partial charge in [0.1, 0.15) is 10.6 Å². The number of carbonyl (C=O) groups is 2. The predicted molar refractivity (Wildman–Crippen MR) is 84.2 cm³/mol. The molecule has 7 heteroatoms. The minimum Gasteiger partial charge on any atom is -0.462 e. The lowest BCUT2D eigenvalue weighted by molar-refractivity contribution is 0.0529. The molecule has 1 unspecified atom stereocenters. The average Bonchev–Trinajstić information content (AvgIpc) is 2.94. The number of likely N-dealkylation sites (N-methyl/N-ethyl adjacent to an activating group) is 1. The van der Waals surface area contributed by atoms with Crippen molar-refractivity contribution in [2.24, 2.45) is 0 Å². The Balaban J connectivity index is 2.31. The van der Waals surface area contributed by atoms with Crippen LogP contribution in [0.3, 0.4) is 0 Å². The minimum absolute atomic E-state index is 0.139. The molecule has 1 fully saturated rings. The summed E-state index contributed by atoms with van der Waals surface area (Å²) in [4.78, 5) is 26.4. The molecule has 0 bridgehead atoms. The maximum atomic E-state index is 12.1. The molecule has 2 heterocycles. The van der Waals surface area contributed by atoms with Gasteiger partial charge in [-0.15, -0.1) is 11.3 Å². The van der Waals surface area contributed by atoms with Crippen molar-refractivity contribution < 1.29 is 14.3 Å². The number of nitrogens with zero attached hydrogens (tertiary/aromatic N) is 1. The molecular formula is C14H21N3O3S. The largest absolute Gasteiger partial charge is 0.462 e. The molecule has 3 N–H and O–H groups in total. The van der Waals surface area contributed by atoms with Gasteiger partial charge in [-0.3, -0.25) is 4.79 Å². The Kier molecular flexibility index (Phi) is 4.84. The highest BCUT2D eigenvalue weighted by Gasteiger charge is 2.28. The number of thiophene rings is 1. The molecule has 0 aromatic carbocycles. The fourth-order valence-corrected chi connectivity index (χ4v) is 3.53. The third-order valence-electron chi connectivity index (χ3n) is 3.47. The highest BCUT2D eigenvalue weighted by molar-refractivity contribution is 7.19. The topological polar surface area (TPSA) is 84.7 Å². The van der Waals surface area contributed by atoms with Crippen LogP contribution in [0.1, 0.15) is 40.3 Å². The molecule has 1 atom stereocenters. The Hall–Kier alpha value is -1.60. The van der Waals surface area contributed by atoms with Gasteiger partial charge >= 0.3 is 5.97 Å². The minimum atomic E-state index is -0.479. The fourth-order valence-electron chi connectivity index (χ4n) is 2.45. The van der Waals surface area contributed by atoms with Gasteiger partial charge in [0.25, 0.3) is 0 Å². The first-order valence-electron chi connectivity index (χ1n) is 6.99. The highest BCUT2D eigenvalue weighted by Crippen LogP contribution is 2.37. The Morgan fingerprint density at radius 3 is 2.76 bits per heavy atom. The van der Waals surface area contributed by atoms with E-state index in [9.17, 15) is 9.59 Å². The van der Waals surface area contributed by atoms with Gasteiger partial charge in [0.2, 0.25) is 0 Å². The smallest absolute Gasteiger partial charge is 0.343 e. The van der Waals surface area contributed by atoms with E-state index in [0.29, 0.717) is 15.4 Å². The second kappa shape index (κ2) is 6.44. The van der Waals surface area contributed by atoms with E-state index in [-0.39, 0.29) is 24.1 Å². The maximum absolute atomic E-state index is 12.1. The molecule has 1 aromatic heterocycles. The van der Waals surface area contributed by atoms with Crippen molar-refractivity contribution in [3.63, 3.8) is 0 Å². The van der Waals surface area contributed by atoms with Gasteiger partial charge in [-0.05, 0) is 26.9 Å². The van der Waals surface area contributed by atoms with Crippen LogP contribution in [0, 0.1) is 0 Å². The summed E-state index contributed by atoms with van der Waals surface area (Å²) in [5, 5.41) is 3.97. The van der Waals surface area contributed by atoms with E-state index in [1.807, 2.05) is 0 Å². The number of ether oxygens (including phenoxy) is 1. The summed E-state index contributed by atoms with van der Waals surface area (Å²) >= 11 is 1.23. The van der Waals surface area contributed by atoms with Gasteiger partial charge in [0, 0.05) is 19.5 Å². The van der Waals surface area contributed by atoms with E-state index in [2.05, 4.69) is 17.3 Å². The highest BCUT2D eigenvalue weighted by atomic mass is 32.1. The van der Waals surface area contributed by atoms with E-state index < -0.39 is 5.97 Å². The first-order valence-corrected chi connectivity index (χ1v) is 7.81. The molecule has 1 aliphatic rings. The number of carbonyl (C=O) groups excluding carboxylic acids is 2. The Morgan fingerprint density at radius 2 is 2.24 bits per heavy atom. The van der Waals surface area contributed by atoms with Crippen molar-refractivity contribution in [2.75, 3.05) is 37.8 Å². The number of ketones is 1. The maximum Gasteiger partial charge on any atom is 0.343 e. The van der Waals surface area contributed by atoms with Gasteiger partial charge in [0.15, 0.2) is 5.78 Å². The standard InChI is InChI=1S/C14H21N3O3S/c1-4-20-14(19)10-11(15)12(8(2)18)21-13(10)16-9-5-6-17(3)7-9/h9,16H,4-7,15H2,1-3H3. The summed E-state index contributed by atoms with van der Waals surface area (Å²) in [6, 6.07) is 0.251. The van der Waals surface area contributed by atoms with Crippen LogP contribution in [0.4, 0.5) is 10.7 Å². The Bertz CT molecular complexity index is 556. The summed E-state index contributed by atoms with van der Waals surface area (Å²) in [5.74, 6) is -0.618. The van der Waals surface area contributed by atoms with Crippen LogP contribution in [0.15, 0.2) is 0 Å². The number of Topliss-reactive ketones (excluding diaryl/α,β-unsaturated/α-hetero) is 1. The molecule has 6 nitrogen and oxygen atoms in total. The number of hydrogen-bond donors (Lipinski definition) is 2. The SMILES string of the molecule is CCOC(=O)c1c(NC2CCN(C)C2)sc(C(C)=O)c1N. The molecule has 2 rings (SSSR count). The number of hydrogen-bond acceptors (Lipinski definition) is 7. The van der Waals surface area contributed by atoms with E-state index in [4.69, 9.17) is 10.5 Å². The zero-order chi connectivity index (χ0) is 15.6. The zero-order valence-corrected chi connectivity index (χ0v) is 13.4. The van der Waals surface area contributed by atoms with Gasteiger partial charge in [-0.1, -0.05) is 0 Å². The molecule has 1 aliphatic heterocycles. The first kappa shape index (κ1) is 15.8. The monoisotopic (exact) mass is 311 g/mol. The quantitative estimate of drug-likeness (QED) is 0.637. The van der Waals surface area contributed by atoms with Crippen molar-refractivity contribution in [3.8, 4) is 0 Å². The molecular weight excluding hydrogens is 290 g/mol. The molecule has 0 aliphatic carbocycles. The molecule has 116 valence electrons. The fraction of sp³-hybridized carbons (Fsp3) is 0.571. The summed E-state index contributed by atoms with van der Waals surface area (Å²) in [6.45, 7) is 5.37. The van der Waals surface area contributed by atoms with Crippen molar-refractivity contribution >= 4 is 33.8 Å². The summed E-state index contributed by atoms with van der Waals surface area (Å²) in [7, 11) is 2.05. The van der Waals surface area contributed by atoms with Crippen LogP contribution in [0.5, 0.6) is 0 Å². The summed E-state index contributed by atoms with van der Waals surface area (Å²) < 4.78 is 5.05. The van der Waals surface area contributed by atoms with E-state index >= 15 is 0 Å². The van der Waals surface area contributed by atoms with Crippen molar-refractivity contribution in [2.45, 2.75) is 26.3 Å². The van der Waals surface area contributed by atoms with Crippen molar-refractivity contribution in [1.82, 2.24) is 4.90 Å². The van der Waals surface area contributed by atoms with Crippen LogP contribution in [-0.4, -0.2) is 49.4 Å². The van der Waals surface area contributed by atoms with Crippen LogP contribution >= 0.6 is 11.3 Å². The number of anilines is 2. The number of esters is 1. The van der Waals surface area contributed by atoms with E-state index in [0.717, 1.165) is 19.5 Å². The molecule has 1 aromatic rings. The lowest BCUT2D eigenvalue weighted by Gasteiger charge is -2.14. The van der Waals surface area contributed by atoms with Gasteiger partial charge < -0.3 is 20.7 Å². The van der Waals surface area contributed by atoms with Crippen molar-refractivity contribution in [3.05, 3.63) is 10.4 Å². The van der Waals surface area contributed by atoms with Crippen LogP contribution in [0.2, 0.25) is 0 Å². The molecule has 21 heavy (non-hydrogen) atoms. The summed E-state index contributed by atoms with van der Waals surface area (Å²) in [5.41, 5.74) is 6.49. The van der Waals surface area contributed by atoms with Crippen LogP contribution < -0.4 is 11.1 Å². The Morgan fingerprint density at radius 1 is 1.52 bits per heavy atom. The zero-order valence-electron chi connectivity index (χ0n) is 12.6. The lowest BCUT2D eigenvalue weighted by atomic mass is 10.2. The normalized spacial score (nSPS) is 18.7. The second-order valence-electron chi connectivity index (χ2n) is 5.22. The van der Waals surface area contributed by atoms with Gasteiger partial charge in [-0.2, -0.15) is 0 Å². The third kappa shape index (κ3) is 3.36. The first-order chi connectivity index (χ1) is 9.93. The number of rotatable bonds is 5. The number of likely N-dealkylation sites (tertiary alicyclic amines) is 1. The lowest BCUT2D eigenvalue weighted by Crippen LogP contribution is -2.24. The number of nitrogens with two attached hydrogens (primary N) is 1. The summed E-state index contributed by atoms with van der Waals surface area (Å²) in [6.07, 6.45) is 0.992. The van der Waals surface area contributed by atoms with E-state index in [1.165, 1.54) is 18.3 Å². The molecule has 0 amide bonds. The van der Waals surface area contributed by atoms with Crippen LogP contribution in [0.25, 0.3) is 0 Å². The predicted octanol–water partition coefficient (Wildman–Crippen LogP) is 1.83. The molecule has 0 spiro atoms. The molecule has 1 saturated heterocycles. The van der Waals surface area contributed by atoms with E-state index in [1.54, 1.807) is 6.92 Å². The number of nitrogens with one attached hydrogen (secondary N) is 1.